The fraction of sp³-hybridized carbons (Fsp3) is 0.545. The van der Waals surface area contributed by atoms with E-state index in [4.69, 9.17) is 5.11 Å². The topological polar surface area (TPSA) is 121 Å². The molecule has 0 saturated heterocycles. The van der Waals surface area contributed by atoms with Crippen LogP contribution in [0.15, 0.2) is 0 Å². The molecule has 3 N–H and O–H groups in total. The lowest BCUT2D eigenvalue weighted by atomic mass is 10.0. The van der Waals surface area contributed by atoms with Crippen LogP contribution in [0.3, 0.4) is 0 Å². The van der Waals surface area contributed by atoms with Crippen molar-refractivity contribution in [3.05, 3.63) is 5.01 Å². The van der Waals surface area contributed by atoms with Crippen LogP contribution in [0.25, 0.3) is 0 Å². The average molecular weight is 300 g/mol. The highest BCUT2D eigenvalue weighted by Gasteiger charge is 2.15. The maximum Gasteiger partial charge on any atom is 0.327 e. The van der Waals surface area contributed by atoms with Gasteiger partial charge in [0, 0.05) is 12.8 Å². The number of carboxylic acids is 1. The third kappa shape index (κ3) is 5.74. The lowest BCUT2D eigenvalue weighted by molar-refractivity contribution is -0.138. The largest absolute Gasteiger partial charge is 0.481 e. The first-order chi connectivity index (χ1) is 9.40. The Morgan fingerprint density at radius 3 is 2.55 bits per heavy atom. The summed E-state index contributed by atoms with van der Waals surface area (Å²) in [7, 11) is 0. The molecule has 1 heterocycles. The van der Waals surface area contributed by atoms with Gasteiger partial charge in [0.05, 0.1) is 0 Å². The Bertz CT molecular complexity index is 502. The van der Waals surface area contributed by atoms with Crippen molar-refractivity contribution < 1.29 is 19.5 Å². The zero-order valence-corrected chi connectivity index (χ0v) is 12.0. The van der Waals surface area contributed by atoms with Crippen LogP contribution in [0.4, 0.5) is 9.93 Å². The summed E-state index contributed by atoms with van der Waals surface area (Å²) in [6.45, 7) is 3.54. The van der Waals surface area contributed by atoms with Crippen molar-refractivity contribution in [3.8, 4) is 0 Å². The lowest BCUT2D eigenvalue weighted by Crippen LogP contribution is -2.35. The number of hydrogen-bond donors (Lipinski definition) is 3. The molecular weight excluding hydrogens is 284 g/mol. The molecule has 1 aromatic rings. The smallest absolute Gasteiger partial charge is 0.327 e. The van der Waals surface area contributed by atoms with Crippen LogP contribution < -0.4 is 10.6 Å². The number of aryl methyl sites for hydroxylation is 1. The number of aliphatic carboxylic acids is 1. The van der Waals surface area contributed by atoms with Crippen LogP contribution in [0.2, 0.25) is 0 Å². The molecule has 110 valence electrons. The Labute approximate surface area is 119 Å². The Balaban J connectivity index is 2.38. The number of nitrogens with zero attached hydrogens (tertiary/aromatic N) is 2. The molecule has 1 atom stereocenters. The van der Waals surface area contributed by atoms with Gasteiger partial charge in [-0.3, -0.25) is 20.2 Å². The van der Waals surface area contributed by atoms with E-state index in [2.05, 4.69) is 20.8 Å². The Hall–Kier alpha value is -2.03. The molecular formula is C11H16N4O4S. The molecule has 0 radical (unpaired) electrons. The first-order valence-electron chi connectivity index (χ1n) is 6.05. The van der Waals surface area contributed by atoms with Crippen molar-refractivity contribution in [2.75, 3.05) is 5.32 Å². The molecule has 3 amide bonds. The van der Waals surface area contributed by atoms with E-state index in [1.807, 2.05) is 6.92 Å². The number of carbonyl (C=O) groups is 3. The molecule has 0 bridgehead atoms. The molecule has 1 unspecified atom stereocenters. The fourth-order valence-electron chi connectivity index (χ4n) is 1.44. The lowest BCUT2D eigenvalue weighted by Gasteiger charge is -2.08. The van der Waals surface area contributed by atoms with Crippen LogP contribution >= 0.6 is 11.3 Å². The zero-order chi connectivity index (χ0) is 15.1. The SMILES string of the molecule is CCc1nnc(NC(=O)NC(=O)CC(C)CC(=O)O)s1. The van der Waals surface area contributed by atoms with E-state index >= 15 is 0 Å². The van der Waals surface area contributed by atoms with Crippen molar-refractivity contribution in [1.29, 1.82) is 0 Å². The van der Waals surface area contributed by atoms with E-state index in [0.717, 1.165) is 5.01 Å². The molecule has 20 heavy (non-hydrogen) atoms. The van der Waals surface area contributed by atoms with Gasteiger partial charge >= 0.3 is 12.0 Å². The molecule has 1 aromatic heterocycles. The van der Waals surface area contributed by atoms with Crippen molar-refractivity contribution in [2.24, 2.45) is 5.92 Å². The highest BCUT2D eigenvalue weighted by Crippen LogP contribution is 2.15. The van der Waals surface area contributed by atoms with Gasteiger partial charge in [0.2, 0.25) is 11.0 Å². The van der Waals surface area contributed by atoms with E-state index in [-0.39, 0.29) is 18.8 Å². The second kappa shape index (κ2) is 7.53. The second-order valence-corrected chi connectivity index (χ2v) is 5.33. The summed E-state index contributed by atoms with van der Waals surface area (Å²) >= 11 is 1.23. The number of nitrogens with one attached hydrogen (secondary N) is 2. The Morgan fingerprint density at radius 2 is 2.00 bits per heavy atom. The molecule has 0 saturated carbocycles. The van der Waals surface area contributed by atoms with E-state index < -0.39 is 17.9 Å². The van der Waals surface area contributed by atoms with Crippen LogP contribution in [0.1, 0.15) is 31.7 Å². The minimum absolute atomic E-state index is 0.0317. The number of carboxylic acid groups (broad SMARTS) is 1. The molecule has 9 heteroatoms. The van der Waals surface area contributed by atoms with Crippen LogP contribution in [-0.4, -0.2) is 33.2 Å². The standard InChI is InChI=1S/C11H16N4O4S/c1-3-8-14-15-11(20-8)13-10(19)12-7(16)4-6(2)5-9(17)18/h6H,3-5H2,1-2H3,(H,17,18)(H2,12,13,15,16,19). The molecule has 0 aliphatic carbocycles. The summed E-state index contributed by atoms with van der Waals surface area (Å²) in [4.78, 5) is 33.5. The molecule has 8 nitrogen and oxygen atoms in total. The quantitative estimate of drug-likeness (QED) is 0.727. The van der Waals surface area contributed by atoms with Crippen LogP contribution in [0, 0.1) is 5.92 Å². The first-order valence-corrected chi connectivity index (χ1v) is 6.87. The summed E-state index contributed by atoms with van der Waals surface area (Å²) in [5.74, 6) is -1.85. The molecule has 0 spiro atoms. The summed E-state index contributed by atoms with van der Waals surface area (Å²) < 4.78 is 0. The second-order valence-electron chi connectivity index (χ2n) is 4.26. The van der Waals surface area contributed by atoms with E-state index in [0.29, 0.717) is 11.6 Å². The predicted octanol–water partition coefficient (Wildman–Crippen LogP) is 1.25. The molecule has 0 aromatic carbocycles. The maximum absolute atomic E-state index is 11.5. The Morgan fingerprint density at radius 1 is 1.30 bits per heavy atom. The minimum Gasteiger partial charge on any atom is -0.481 e. The van der Waals surface area contributed by atoms with Crippen LogP contribution in [0.5, 0.6) is 0 Å². The zero-order valence-electron chi connectivity index (χ0n) is 11.2. The van der Waals surface area contributed by atoms with Gasteiger partial charge in [-0.25, -0.2) is 4.79 Å². The summed E-state index contributed by atoms with van der Waals surface area (Å²) in [6, 6.07) is -0.698. The van der Waals surface area contributed by atoms with E-state index in [1.54, 1.807) is 6.92 Å². The third-order valence-electron chi connectivity index (χ3n) is 2.30. The summed E-state index contributed by atoms with van der Waals surface area (Å²) in [5, 5.41) is 21.7. The van der Waals surface area contributed by atoms with E-state index in [9.17, 15) is 14.4 Å². The van der Waals surface area contributed by atoms with Gasteiger partial charge < -0.3 is 5.11 Å². The first kappa shape index (κ1) is 16.0. The predicted molar refractivity (Wildman–Crippen MR) is 72.5 cm³/mol. The van der Waals surface area contributed by atoms with Gasteiger partial charge in [0.1, 0.15) is 5.01 Å². The van der Waals surface area contributed by atoms with Crippen molar-refractivity contribution in [2.45, 2.75) is 33.1 Å². The number of hydrogen-bond acceptors (Lipinski definition) is 6. The molecule has 0 aliphatic heterocycles. The minimum atomic E-state index is -0.976. The number of aromatic nitrogens is 2. The highest BCUT2D eigenvalue weighted by molar-refractivity contribution is 7.15. The molecule has 1 rings (SSSR count). The third-order valence-corrected chi connectivity index (χ3v) is 3.28. The van der Waals surface area contributed by atoms with Gasteiger partial charge in [-0.1, -0.05) is 25.2 Å². The number of anilines is 1. The van der Waals surface area contributed by atoms with Crippen molar-refractivity contribution >= 4 is 34.4 Å². The summed E-state index contributed by atoms with van der Waals surface area (Å²) in [6.07, 6.45) is 0.563. The maximum atomic E-state index is 11.5. The number of amides is 3. The number of urea groups is 1. The number of carbonyl (C=O) groups excluding carboxylic acids is 2. The molecule has 0 fully saturated rings. The monoisotopic (exact) mass is 300 g/mol. The number of rotatable bonds is 6. The van der Waals surface area contributed by atoms with Gasteiger partial charge in [-0.05, 0) is 12.3 Å². The van der Waals surface area contributed by atoms with Crippen molar-refractivity contribution in [3.63, 3.8) is 0 Å². The Kier molecular flexibility index (Phi) is 6.04. The highest BCUT2D eigenvalue weighted by atomic mass is 32.1. The summed E-state index contributed by atoms with van der Waals surface area (Å²) in [5.41, 5.74) is 0. The van der Waals surface area contributed by atoms with Crippen molar-refractivity contribution in [1.82, 2.24) is 15.5 Å². The van der Waals surface area contributed by atoms with E-state index in [1.165, 1.54) is 11.3 Å². The fourth-order valence-corrected chi connectivity index (χ4v) is 2.11. The normalized spacial score (nSPS) is 11.7. The van der Waals surface area contributed by atoms with Gasteiger partial charge in [0.25, 0.3) is 0 Å². The van der Waals surface area contributed by atoms with Gasteiger partial charge in [-0.2, -0.15) is 0 Å². The average Bonchev–Trinajstić information content (AvgIpc) is 2.74. The molecule has 0 aliphatic rings. The van der Waals surface area contributed by atoms with Gasteiger partial charge in [-0.15, -0.1) is 10.2 Å². The van der Waals surface area contributed by atoms with Crippen LogP contribution in [-0.2, 0) is 16.0 Å². The number of imide groups is 1. The van der Waals surface area contributed by atoms with Gasteiger partial charge in [0.15, 0.2) is 0 Å².